The van der Waals surface area contributed by atoms with Crippen LogP contribution in [0.1, 0.15) is 38.9 Å². The SMILES string of the molecule is C[n+]1cccc(C#N)c1.c1ccc(C([N-]C(c2ccccc2)(c2ccccc2)c2ccccc2)(c2ccccc2)c2ccccc2)cc1. The van der Waals surface area contributed by atoms with Gasteiger partial charge in [0.25, 0.3) is 0 Å². The molecule has 3 heteroatoms. The average molecular weight is 620 g/mol. The number of rotatable bonds is 8. The van der Waals surface area contributed by atoms with Crippen molar-refractivity contribution in [2.75, 3.05) is 0 Å². The van der Waals surface area contributed by atoms with E-state index in [9.17, 15) is 0 Å². The summed E-state index contributed by atoms with van der Waals surface area (Å²) < 4.78 is 1.85. The van der Waals surface area contributed by atoms with E-state index in [2.05, 4.69) is 182 Å². The Hall–Kier alpha value is -6.08. The number of nitrogens with zero attached hydrogens (tertiary/aromatic N) is 3. The maximum absolute atomic E-state index is 8.40. The van der Waals surface area contributed by atoms with E-state index in [0.717, 1.165) is 33.4 Å². The Balaban J connectivity index is 0.000000388. The quantitative estimate of drug-likeness (QED) is 0.123. The van der Waals surface area contributed by atoms with E-state index >= 15 is 0 Å². The van der Waals surface area contributed by atoms with Crippen LogP contribution in [0.25, 0.3) is 5.32 Å². The van der Waals surface area contributed by atoms with Crippen LogP contribution in [-0.2, 0) is 18.1 Å². The minimum atomic E-state index is -0.800. The second kappa shape index (κ2) is 15.0. The van der Waals surface area contributed by atoms with Gasteiger partial charge in [-0.05, 0) is 17.1 Å². The van der Waals surface area contributed by atoms with Gasteiger partial charge in [-0.15, -0.1) is 0 Å². The van der Waals surface area contributed by atoms with Crippen LogP contribution < -0.4 is 4.57 Å². The van der Waals surface area contributed by atoms with Gasteiger partial charge in [0.15, 0.2) is 12.4 Å². The van der Waals surface area contributed by atoms with E-state index in [4.69, 9.17) is 10.6 Å². The van der Waals surface area contributed by atoms with E-state index in [1.54, 1.807) is 12.3 Å². The average Bonchev–Trinajstić information content (AvgIpc) is 3.18. The molecule has 1 heterocycles. The van der Waals surface area contributed by atoms with Gasteiger partial charge in [0, 0.05) is 6.07 Å². The molecule has 0 aliphatic heterocycles. The van der Waals surface area contributed by atoms with Crippen LogP contribution in [0.15, 0.2) is 207 Å². The molecule has 0 aliphatic rings. The Morgan fingerprint density at radius 3 is 0.896 bits per heavy atom. The van der Waals surface area contributed by atoms with Crippen molar-refractivity contribution in [2.24, 2.45) is 7.05 Å². The molecule has 0 amide bonds. The highest BCUT2D eigenvalue weighted by molar-refractivity contribution is 5.64. The second-order valence-corrected chi connectivity index (χ2v) is 11.6. The molecule has 48 heavy (non-hydrogen) atoms. The van der Waals surface area contributed by atoms with Crippen LogP contribution in [0.4, 0.5) is 0 Å². The molecule has 3 nitrogen and oxygen atoms in total. The lowest BCUT2D eigenvalue weighted by Gasteiger charge is -2.60. The fourth-order valence-corrected chi connectivity index (χ4v) is 6.37. The molecule has 0 saturated heterocycles. The van der Waals surface area contributed by atoms with Gasteiger partial charge in [-0.25, -0.2) is 4.57 Å². The van der Waals surface area contributed by atoms with Crippen molar-refractivity contribution in [2.45, 2.75) is 11.1 Å². The zero-order valence-corrected chi connectivity index (χ0v) is 27.0. The van der Waals surface area contributed by atoms with Crippen LogP contribution in [-0.4, -0.2) is 0 Å². The summed E-state index contributed by atoms with van der Waals surface area (Å²) in [6.45, 7) is 0. The molecule has 0 radical (unpaired) electrons. The summed E-state index contributed by atoms with van der Waals surface area (Å²) in [5, 5.41) is 14.6. The number of pyridine rings is 1. The predicted molar refractivity (Wildman–Crippen MR) is 194 cm³/mol. The Morgan fingerprint density at radius 2 is 0.688 bits per heavy atom. The third kappa shape index (κ3) is 6.57. The maximum Gasteiger partial charge on any atom is 0.186 e. The summed E-state index contributed by atoms with van der Waals surface area (Å²) >= 11 is 0. The van der Waals surface area contributed by atoms with Crippen LogP contribution in [0, 0.1) is 11.3 Å². The molecule has 232 valence electrons. The smallest absolute Gasteiger partial charge is 0.186 e. The molecule has 0 spiro atoms. The molecule has 0 aliphatic carbocycles. The Bertz CT molecular complexity index is 1720. The topological polar surface area (TPSA) is 41.8 Å². The van der Waals surface area contributed by atoms with Gasteiger partial charge < -0.3 is 5.32 Å². The summed E-state index contributed by atoms with van der Waals surface area (Å²) in [6.07, 6.45) is 3.67. The molecule has 0 saturated carbocycles. The van der Waals surface area contributed by atoms with E-state index in [-0.39, 0.29) is 0 Å². The number of nitriles is 1. The third-order valence-electron chi connectivity index (χ3n) is 8.55. The van der Waals surface area contributed by atoms with Crippen molar-refractivity contribution in [3.63, 3.8) is 0 Å². The van der Waals surface area contributed by atoms with Gasteiger partial charge in [0.1, 0.15) is 18.7 Å². The largest absolute Gasteiger partial charge is 0.628 e. The van der Waals surface area contributed by atoms with Crippen molar-refractivity contribution < 1.29 is 4.57 Å². The first-order valence-corrected chi connectivity index (χ1v) is 16.1. The number of aromatic nitrogens is 1. The van der Waals surface area contributed by atoms with Crippen molar-refractivity contribution in [3.05, 3.63) is 251 Å². The van der Waals surface area contributed by atoms with Crippen LogP contribution >= 0.6 is 0 Å². The molecule has 0 bridgehead atoms. The van der Waals surface area contributed by atoms with Gasteiger partial charge in [-0.2, -0.15) is 5.26 Å². The Kier molecular flexibility index (Phi) is 9.97. The van der Waals surface area contributed by atoms with Crippen LogP contribution in [0.5, 0.6) is 0 Å². The fourth-order valence-electron chi connectivity index (χ4n) is 6.37. The predicted octanol–water partition coefficient (Wildman–Crippen LogP) is 9.73. The zero-order chi connectivity index (χ0) is 33.1. The molecule has 1 aromatic heterocycles. The van der Waals surface area contributed by atoms with Crippen LogP contribution in [0.2, 0.25) is 0 Å². The number of hydrogen-bond donors (Lipinski definition) is 0. The highest BCUT2D eigenvalue weighted by Gasteiger charge is 2.36. The van der Waals surface area contributed by atoms with Gasteiger partial charge >= 0.3 is 0 Å². The lowest BCUT2D eigenvalue weighted by atomic mass is 9.70. The summed E-state index contributed by atoms with van der Waals surface area (Å²) in [5.74, 6) is 0. The molecule has 7 rings (SSSR count). The molecule has 0 fully saturated rings. The fraction of sp³-hybridized carbons (Fsp3) is 0.0667. The van der Waals surface area contributed by atoms with Crippen molar-refractivity contribution in [3.8, 4) is 6.07 Å². The lowest BCUT2D eigenvalue weighted by molar-refractivity contribution is -0.671. The number of hydrogen-bond acceptors (Lipinski definition) is 1. The first-order valence-electron chi connectivity index (χ1n) is 16.1. The summed E-state index contributed by atoms with van der Waals surface area (Å²) in [7, 11) is 1.89. The van der Waals surface area contributed by atoms with Crippen molar-refractivity contribution in [1.82, 2.24) is 0 Å². The highest BCUT2D eigenvalue weighted by atomic mass is 15.1. The standard InChI is InChI=1S/C38H30N.C7H7N2/c1-7-19-31(20-8-1)37(32-21-9-2-10-22-32,33-23-11-3-12-24-33)39-38(34-25-13-4-14-26-34,35-27-15-5-16-28-35)36-29-17-6-18-30-36;1-9-4-2-3-7(5-8)6-9/h1-30H;2-4,6H,1H3/q-1;+1. The third-order valence-corrected chi connectivity index (χ3v) is 8.55. The summed E-state index contributed by atoms with van der Waals surface area (Å²) in [6, 6.07) is 69.9. The van der Waals surface area contributed by atoms with E-state index in [0.29, 0.717) is 5.56 Å². The van der Waals surface area contributed by atoms with Crippen molar-refractivity contribution >= 4 is 0 Å². The second-order valence-electron chi connectivity index (χ2n) is 11.6. The zero-order valence-electron chi connectivity index (χ0n) is 27.0. The first kappa shape index (κ1) is 31.9. The molecular formula is C45H37N3. The first-order chi connectivity index (χ1) is 23.7. The molecule has 6 aromatic carbocycles. The molecule has 0 unspecified atom stereocenters. The normalized spacial score (nSPS) is 11.1. The molecule has 0 atom stereocenters. The minimum absolute atomic E-state index is 0.694. The monoisotopic (exact) mass is 619 g/mol. The lowest BCUT2D eigenvalue weighted by Crippen LogP contribution is -2.39. The van der Waals surface area contributed by atoms with Gasteiger partial charge in [0.2, 0.25) is 0 Å². The van der Waals surface area contributed by atoms with E-state index in [1.165, 1.54) is 0 Å². The number of benzene rings is 6. The summed E-state index contributed by atoms with van der Waals surface area (Å²) in [4.78, 5) is 0. The van der Waals surface area contributed by atoms with Crippen molar-refractivity contribution in [1.29, 1.82) is 5.26 Å². The Labute approximate surface area is 284 Å². The van der Waals surface area contributed by atoms with Gasteiger partial charge in [-0.1, -0.05) is 215 Å². The number of aryl methyl sites for hydroxylation is 1. The van der Waals surface area contributed by atoms with E-state index < -0.39 is 11.1 Å². The van der Waals surface area contributed by atoms with Gasteiger partial charge in [0.05, 0.1) is 0 Å². The molecular weight excluding hydrogens is 583 g/mol. The highest BCUT2D eigenvalue weighted by Crippen LogP contribution is 2.55. The Morgan fingerprint density at radius 1 is 0.417 bits per heavy atom. The molecule has 0 N–H and O–H groups in total. The summed E-state index contributed by atoms with van der Waals surface area (Å²) in [5.41, 5.74) is 5.81. The van der Waals surface area contributed by atoms with Crippen LogP contribution in [0.3, 0.4) is 0 Å². The minimum Gasteiger partial charge on any atom is -0.628 e. The van der Waals surface area contributed by atoms with Gasteiger partial charge in [-0.3, -0.25) is 0 Å². The molecule has 7 aromatic rings. The van der Waals surface area contributed by atoms with E-state index in [1.807, 2.05) is 29.9 Å². The maximum atomic E-state index is 8.40.